The van der Waals surface area contributed by atoms with E-state index < -0.39 is 0 Å². The van der Waals surface area contributed by atoms with Gasteiger partial charge in [0, 0.05) is 24.0 Å². The lowest BCUT2D eigenvalue weighted by Gasteiger charge is -2.34. The van der Waals surface area contributed by atoms with Gasteiger partial charge < -0.3 is 10.2 Å². The van der Waals surface area contributed by atoms with Crippen LogP contribution >= 0.6 is 15.9 Å². The van der Waals surface area contributed by atoms with Crippen molar-refractivity contribution >= 4 is 27.7 Å². The molecule has 1 atom stereocenters. The van der Waals surface area contributed by atoms with Gasteiger partial charge in [-0.05, 0) is 24.1 Å². The number of benzene rings is 1. The van der Waals surface area contributed by atoms with Crippen LogP contribution in [0.3, 0.4) is 0 Å². The number of carbonyl (C=O) groups excluding carboxylic acids is 2. The van der Waals surface area contributed by atoms with Crippen molar-refractivity contribution in [2.45, 2.75) is 24.7 Å². The number of rotatable bonds is 3. The zero-order valence-corrected chi connectivity index (χ0v) is 12.4. The van der Waals surface area contributed by atoms with Crippen LogP contribution in [0.5, 0.6) is 0 Å². The van der Waals surface area contributed by atoms with Crippen molar-refractivity contribution in [1.29, 1.82) is 0 Å². The minimum Gasteiger partial charge on any atom is -0.353 e. The molecule has 1 fully saturated rings. The Hall–Kier alpha value is -1.36. The summed E-state index contributed by atoms with van der Waals surface area (Å²) in [7, 11) is 0. The summed E-state index contributed by atoms with van der Waals surface area (Å²) in [5.74, 6) is -0.123. The molecule has 2 amide bonds. The number of nitrogens with zero attached hydrogens (tertiary/aromatic N) is 1. The Morgan fingerprint density at radius 1 is 1.42 bits per heavy atom. The topological polar surface area (TPSA) is 49.4 Å². The lowest BCUT2D eigenvalue weighted by molar-refractivity contribution is -0.127. The van der Waals surface area contributed by atoms with Gasteiger partial charge in [-0.3, -0.25) is 9.59 Å². The normalized spacial score (nSPS) is 19.2. The number of piperazine rings is 1. The largest absolute Gasteiger partial charge is 0.353 e. The van der Waals surface area contributed by atoms with Crippen molar-refractivity contribution in [3.63, 3.8) is 0 Å². The molecule has 4 nitrogen and oxygen atoms in total. The molecule has 5 heteroatoms. The van der Waals surface area contributed by atoms with E-state index in [1.54, 1.807) is 4.90 Å². The van der Waals surface area contributed by atoms with Gasteiger partial charge in [-0.2, -0.15) is 0 Å². The summed E-state index contributed by atoms with van der Waals surface area (Å²) < 4.78 is 0. The fraction of sp³-hybridized carbons (Fsp3) is 0.429. The molecule has 1 heterocycles. The fourth-order valence-electron chi connectivity index (χ4n) is 2.27. The van der Waals surface area contributed by atoms with Crippen LogP contribution in [-0.2, 0) is 10.1 Å². The van der Waals surface area contributed by atoms with Gasteiger partial charge in [-0.15, -0.1) is 0 Å². The zero-order chi connectivity index (χ0) is 13.8. The molecule has 0 radical (unpaired) electrons. The van der Waals surface area contributed by atoms with Crippen molar-refractivity contribution in [3.8, 4) is 0 Å². The van der Waals surface area contributed by atoms with Crippen molar-refractivity contribution < 1.29 is 9.59 Å². The molecule has 0 bridgehead atoms. The van der Waals surface area contributed by atoms with Crippen molar-refractivity contribution in [1.82, 2.24) is 10.2 Å². The maximum absolute atomic E-state index is 12.4. The molecule has 0 aromatic heterocycles. The van der Waals surface area contributed by atoms with Crippen molar-refractivity contribution in [3.05, 3.63) is 35.4 Å². The summed E-state index contributed by atoms with van der Waals surface area (Å²) in [5, 5.41) is 3.57. The summed E-state index contributed by atoms with van der Waals surface area (Å²) >= 11 is 3.38. The van der Waals surface area contributed by atoms with Crippen LogP contribution in [0.4, 0.5) is 0 Å². The van der Waals surface area contributed by atoms with E-state index in [1.165, 1.54) is 0 Å². The van der Waals surface area contributed by atoms with Gasteiger partial charge >= 0.3 is 0 Å². The third-order valence-electron chi connectivity index (χ3n) is 3.33. The van der Waals surface area contributed by atoms with E-state index in [2.05, 4.69) is 21.2 Å². The summed E-state index contributed by atoms with van der Waals surface area (Å²) in [6, 6.07) is 7.13. The van der Waals surface area contributed by atoms with Gasteiger partial charge in [-0.25, -0.2) is 0 Å². The molecule has 1 N–H and O–H groups in total. The first-order chi connectivity index (χ1) is 9.17. The molecule has 102 valence electrons. The molecular formula is C14H17BrN2O2. The first-order valence-corrected chi connectivity index (χ1v) is 7.53. The lowest BCUT2D eigenvalue weighted by atomic mass is 10.1. The average molecular weight is 325 g/mol. The summed E-state index contributed by atoms with van der Waals surface area (Å²) in [4.78, 5) is 25.9. The van der Waals surface area contributed by atoms with Crippen molar-refractivity contribution in [2.75, 3.05) is 13.1 Å². The Kier molecular flexibility index (Phi) is 4.58. The maximum atomic E-state index is 12.4. The third kappa shape index (κ3) is 2.97. The van der Waals surface area contributed by atoms with Crippen LogP contribution in [0, 0.1) is 0 Å². The fourth-order valence-corrected chi connectivity index (χ4v) is 2.64. The molecule has 1 aliphatic heterocycles. The van der Waals surface area contributed by atoms with Gasteiger partial charge in [0.2, 0.25) is 5.91 Å². The molecule has 1 aliphatic rings. The number of halogens is 1. The number of nitrogens with one attached hydrogen (secondary N) is 1. The highest BCUT2D eigenvalue weighted by molar-refractivity contribution is 9.08. The van der Waals surface area contributed by atoms with Crippen LogP contribution in [0.2, 0.25) is 0 Å². The minimum absolute atomic E-state index is 0.0563. The van der Waals surface area contributed by atoms with E-state index in [0.717, 1.165) is 10.9 Å². The molecule has 19 heavy (non-hydrogen) atoms. The number of hydrogen-bond acceptors (Lipinski definition) is 2. The van der Waals surface area contributed by atoms with Gasteiger partial charge in [0.05, 0.1) is 0 Å². The van der Waals surface area contributed by atoms with E-state index >= 15 is 0 Å². The zero-order valence-electron chi connectivity index (χ0n) is 10.9. The smallest absolute Gasteiger partial charge is 0.254 e. The summed E-state index contributed by atoms with van der Waals surface area (Å²) in [5.41, 5.74) is 1.76. The predicted molar refractivity (Wildman–Crippen MR) is 77.2 cm³/mol. The maximum Gasteiger partial charge on any atom is 0.254 e. The second-order valence-corrected chi connectivity index (χ2v) is 5.10. The molecule has 1 saturated heterocycles. The Morgan fingerprint density at radius 2 is 2.11 bits per heavy atom. The van der Waals surface area contributed by atoms with Crippen LogP contribution in [0.25, 0.3) is 0 Å². The standard InChI is InChI=1S/C14H17BrN2O2/c1-2-12-13(18)16-7-8-17(12)14(19)11-5-3-10(9-15)4-6-11/h3-6,12H,2,7-9H2,1H3,(H,16,18). The number of carbonyl (C=O) groups is 2. The number of amides is 2. The van der Waals surface area contributed by atoms with Crippen LogP contribution < -0.4 is 5.32 Å². The second-order valence-electron chi connectivity index (χ2n) is 4.54. The van der Waals surface area contributed by atoms with Crippen LogP contribution in [0.15, 0.2) is 24.3 Å². The lowest BCUT2D eigenvalue weighted by Crippen LogP contribution is -2.56. The summed E-state index contributed by atoms with van der Waals surface area (Å²) in [6.45, 7) is 3.02. The molecule has 1 aromatic carbocycles. The highest BCUT2D eigenvalue weighted by Gasteiger charge is 2.31. The monoisotopic (exact) mass is 324 g/mol. The van der Waals surface area contributed by atoms with E-state index in [1.807, 2.05) is 31.2 Å². The molecule has 0 saturated carbocycles. The van der Waals surface area contributed by atoms with Crippen LogP contribution in [-0.4, -0.2) is 35.8 Å². The molecule has 1 unspecified atom stereocenters. The molecule has 1 aromatic rings. The predicted octanol–water partition coefficient (Wildman–Crippen LogP) is 1.93. The van der Waals surface area contributed by atoms with Gasteiger partial charge in [0.25, 0.3) is 5.91 Å². The molecule has 0 spiro atoms. The van der Waals surface area contributed by atoms with Crippen LogP contribution in [0.1, 0.15) is 29.3 Å². The van der Waals surface area contributed by atoms with Gasteiger partial charge in [0.15, 0.2) is 0 Å². The third-order valence-corrected chi connectivity index (χ3v) is 3.98. The first-order valence-electron chi connectivity index (χ1n) is 6.41. The molecule has 0 aliphatic carbocycles. The number of alkyl halides is 1. The quantitative estimate of drug-likeness (QED) is 0.864. The Labute approximate surface area is 121 Å². The average Bonchev–Trinajstić information content (AvgIpc) is 2.46. The minimum atomic E-state index is -0.350. The van der Waals surface area contributed by atoms with E-state index in [9.17, 15) is 9.59 Å². The Bertz CT molecular complexity index is 473. The van der Waals surface area contributed by atoms with E-state index in [-0.39, 0.29) is 17.9 Å². The van der Waals surface area contributed by atoms with E-state index in [4.69, 9.17) is 0 Å². The molecule has 2 rings (SSSR count). The highest BCUT2D eigenvalue weighted by atomic mass is 79.9. The SMILES string of the molecule is CCC1C(=O)NCCN1C(=O)c1ccc(CBr)cc1. The second kappa shape index (κ2) is 6.19. The van der Waals surface area contributed by atoms with E-state index in [0.29, 0.717) is 25.1 Å². The molecular weight excluding hydrogens is 308 g/mol. The summed E-state index contributed by atoms with van der Waals surface area (Å²) in [6.07, 6.45) is 0.636. The Morgan fingerprint density at radius 3 is 2.68 bits per heavy atom. The van der Waals surface area contributed by atoms with Crippen molar-refractivity contribution in [2.24, 2.45) is 0 Å². The Balaban J connectivity index is 2.19. The highest BCUT2D eigenvalue weighted by Crippen LogP contribution is 2.15. The first kappa shape index (κ1) is 14.1. The van der Waals surface area contributed by atoms with Gasteiger partial charge in [-0.1, -0.05) is 35.0 Å². The number of hydrogen-bond donors (Lipinski definition) is 1. The van der Waals surface area contributed by atoms with Gasteiger partial charge in [0.1, 0.15) is 6.04 Å².